The third-order valence-corrected chi connectivity index (χ3v) is 4.40. The number of anilines is 1. The van der Waals surface area contributed by atoms with E-state index in [1.807, 2.05) is 0 Å². The van der Waals surface area contributed by atoms with Crippen molar-refractivity contribution < 1.29 is 24.2 Å². The fourth-order valence-electron chi connectivity index (χ4n) is 2.92. The fourth-order valence-corrected chi connectivity index (χ4v) is 3.14. The second-order valence-corrected chi connectivity index (χ2v) is 6.32. The molecule has 0 saturated heterocycles. The first-order valence-electron chi connectivity index (χ1n) is 7.79. The second kappa shape index (κ2) is 8.06. The SMILES string of the molecule is COc1c(NC(=O)NC2CCC(C(=O)O)CC2)cc(Cl)cc1C(N)=O. The number of benzene rings is 1. The lowest BCUT2D eigenvalue weighted by Crippen LogP contribution is -2.41. The number of rotatable bonds is 5. The Labute approximate surface area is 149 Å². The van der Waals surface area contributed by atoms with E-state index in [9.17, 15) is 14.4 Å². The second-order valence-electron chi connectivity index (χ2n) is 5.88. The Balaban J connectivity index is 2.04. The summed E-state index contributed by atoms with van der Waals surface area (Å²) < 4.78 is 5.16. The van der Waals surface area contributed by atoms with E-state index in [0.29, 0.717) is 25.7 Å². The van der Waals surface area contributed by atoms with Crippen LogP contribution >= 0.6 is 11.6 Å². The number of carbonyl (C=O) groups excluding carboxylic acids is 2. The maximum Gasteiger partial charge on any atom is 0.319 e. The van der Waals surface area contributed by atoms with Crippen LogP contribution in [0.15, 0.2) is 12.1 Å². The van der Waals surface area contributed by atoms with Crippen molar-refractivity contribution in [3.63, 3.8) is 0 Å². The number of nitrogens with one attached hydrogen (secondary N) is 2. The third-order valence-electron chi connectivity index (χ3n) is 4.18. The van der Waals surface area contributed by atoms with Gasteiger partial charge in [0.25, 0.3) is 5.91 Å². The van der Waals surface area contributed by atoms with E-state index in [4.69, 9.17) is 27.2 Å². The minimum atomic E-state index is -0.800. The fraction of sp³-hybridized carbons (Fsp3) is 0.438. The number of nitrogens with two attached hydrogens (primary N) is 1. The van der Waals surface area contributed by atoms with Crippen molar-refractivity contribution in [2.75, 3.05) is 12.4 Å². The smallest absolute Gasteiger partial charge is 0.319 e. The van der Waals surface area contributed by atoms with E-state index in [2.05, 4.69) is 10.6 Å². The highest BCUT2D eigenvalue weighted by Gasteiger charge is 2.27. The summed E-state index contributed by atoms with van der Waals surface area (Å²) in [5.41, 5.74) is 5.58. The van der Waals surface area contributed by atoms with Crippen LogP contribution in [-0.2, 0) is 4.79 Å². The maximum absolute atomic E-state index is 12.2. The molecule has 0 heterocycles. The lowest BCUT2D eigenvalue weighted by atomic mass is 9.86. The molecule has 1 saturated carbocycles. The number of primary amides is 1. The number of carboxylic acid groups (broad SMARTS) is 1. The predicted molar refractivity (Wildman–Crippen MR) is 92.1 cm³/mol. The number of carbonyl (C=O) groups is 3. The van der Waals surface area contributed by atoms with Crippen LogP contribution in [0.1, 0.15) is 36.0 Å². The molecule has 1 aliphatic carbocycles. The molecule has 0 unspecified atom stereocenters. The molecule has 0 aromatic heterocycles. The predicted octanol–water partition coefficient (Wildman–Crippen LogP) is 2.21. The van der Waals surface area contributed by atoms with Crippen LogP contribution in [0.4, 0.5) is 10.5 Å². The highest BCUT2D eigenvalue weighted by Crippen LogP contribution is 2.32. The van der Waals surface area contributed by atoms with E-state index in [-0.39, 0.29) is 34.0 Å². The van der Waals surface area contributed by atoms with Crippen molar-refractivity contribution in [1.82, 2.24) is 5.32 Å². The van der Waals surface area contributed by atoms with E-state index < -0.39 is 17.9 Å². The van der Waals surface area contributed by atoms with Crippen molar-refractivity contribution in [2.45, 2.75) is 31.7 Å². The molecule has 1 aromatic carbocycles. The van der Waals surface area contributed by atoms with Gasteiger partial charge in [0, 0.05) is 11.1 Å². The summed E-state index contributed by atoms with van der Waals surface area (Å²) in [7, 11) is 1.35. The summed E-state index contributed by atoms with van der Waals surface area (Å²) in [4.78, 5) is 34.6. The summed E-state index contributed by atoms with van der Waals surface area (Å²) >= 11 is 5.95. The average Bonchev–Trinajstić information content (AvgIpc) is 2.54. The Morgan fingerprint density at radius 1 is 1.24 bits per heavy atom. The zero-order chi connectivity index (χ0) is 18.6. The van der Waals surface area contributed by atoms with E-state index in [1.165, 1.54) is 19.2 Å². The van der Waals surface area contributed by atoms with Gasteiger partial charge in [0.05, 0.1) is 24.3 Å². The Morgan fingerprint density at radius 2 is 1.88 bits per heavy atom. The molecular formula is C16H20ClN3O5. The van der Waals surface area contributed by atoms with Gasteiger partial charge in [-0.25, -0.2) is 4.79 Å². The van der Waals surface area contributed by atoms with Crippen LogP contribution in [0.25, 0.3) is 0 Å². The van der Waals surface area contributed by atoms with Crippen LogP contribution in [0.2, 0.25) is 5.02 Å². The summed E-state index contributed by atoms with van der Waals surface area (Å²) in [6.07, 6.45) is 2.21. The summed E-state index contributed by atoms with van der Waals surface area (Å²) in [6.45, 7) is 0. The maximum atomic E-state index is 12.2. The van der Waals surface area contributed by atoms with Crippen LogP contribution in [-0.4, -0.2) is 36.2 Å². The Morgan fingerprint density at radius 3 is 2.40 bits per heavy atom. The van der Waals surface area contributed by atoms with Crippen molar-refractivity contribution >= 4 is 35.2 Å². The number of halogens is 1. The third kappa shape index (κ3) is 4.76. The molecule has 0 atom stereocenters. The Hall–Kier alpha value is -2.48. The van der Waals surface area contributed by atoms with Crippen LogP contribution in [0.5, 0.6) is 5.75 Å². The van der Waals surface area contributed by atoms with Gasteiger partial charge in [0.1, 0.15) is 0 Å². The number of aliphatic carboxylic acids is 1. The van der Waals surface area contributed by atoms with Crippen LogP contribution in [0.3, 0.4) is 0 Å². The Kier molecular flexibility index (Phi) is 6.08. The number of urea groups is 1. The highest BCUT2D eigenvalue weighted by molar-refractivity contribution is 6.31. The normalized spacial score (nSPS) is 19.8. The molecule has 0 aliphatic heterocycles. The van der Waals surface area contributed by atoms with Gasteiger partial charge in [-0.2, -0.15) is 0 Å². The number of amides is 3. The molecule has 1 fully saturated rings. The Bertz CT molecular complexity index is 687. The average molecular weight is 370 g/mol. The molecule has 0 bridgehead atoms. The standard InChI is InChI=1S/C16H20ClN3O5/c1-25-13-11(14(18)21)6-9(17)7-12(13)20-16(24)19-10-4-2-8(3-5-10)15(22)23/h6-8,10H,2-5H2,1H3,(H2,18,21)(H,22,23)(H2,19,20,24). The largest absolute Gasteiger partial charge is 0.494 e. The molecule has 25 heavy (non-hydrogen) atoms. The minimum absolute atomic E-state index is 0.0623. The first-order chi connectivity index (χ1) is 11.8. The topological polar surface area (TPSA) is 131 Å². The van der Waals surface area contributed by atoms with Crippen LogP contribution in [0, 0.1) is 5.92 Å². The van der Waals surface area contributed by atoms with Crippen molar-refractivity contribution in [2.24, 2.45) is 11.7 Å². The van der Waals surface area contributed by atoms with Crippen molar-refractivity contribution in [1.29, 1.82) is 0 Å². The lowest BCUT2D eigenvalue weighted by Gasteiger charge is -2.27. The van der Waals surface area contributed by atoms with Crippen molar-refractivity contribution in [3.05, 3.63) is 22.7 Å². The molecular weight excluding hydrogens is 350 g/mol. The van der Waals surface area contributed by atoms with Gasteiger partial charge in [-0.15, -0.1) is 0 Å². The van der Waals surface area contributed by atoms with Gasteiger partial charge >= 0.3 is 12.0 Å². The van der Waals surface area contributed by atoms with Gasteiger partial charge in [0.15, 0.2) is 5.75 Å². The lowest BCUT2D eigenvalue weighted by molar-refractivity contribution is -0.142. The quantitative estimate of drug-likeness (QED) is 0.632. The molecule has 8 nitrogen and oxygen atoms in total. The molecule has 1 aromatic rings. The summed E-state index contributed by atoms with van der Waals surface area (Å²) in [6, 6.07) is 2.21. The van der Waals surface area contributed by atoms with E-state index in [1.54, 1.807) is 0 Å². The highest BCUT2D eigenvalue weighted by atomic mass is 35.5. The molecule has 2 rings (SSSR count). The van der Waals surface area contributed by atoms with Gasteiger partial charge in [0.2, 0.25) is 0 Å². The molecule has 9 heteroatoms. The van der Waals surface area contributed by atoms with Crippen LogP contribution < -0.4 is 21.1 Å². The van der Waals surface area contributed by atoms with E-state index in [0.717, 1.165) is 0 Å². The minimum Gasteiger partial charge on any atom is -0.494 e. The number of hydrogen-bond acceptors (Lipinski definition) is 4. The number of ether oxygens (including phenoxy) is 1. The first-order valence-corrected chi connectivity index (χ1v) is 8.17. The van der Waals surface area contributed by atoms with Gasteiger partial charge in [-0.05, 0) is 37.8 Å². The molecule has 0 spiro atoms. The van der Waals surface area contributed by atoms with E-state index >= 15 is 0 Å². The summed E-state index contributed by atoms with van der Waals surface area (Å²) in [5.74, 6) is -1.76. The zero-order valence-corrected chi connectivity index (χ0v) is 14.4. The zero-order valence-electron chi connectivity index (χ0n) is 13.7. The molecule has 0 radical (unpaired) electrons. The first kappa shape index (κ1) is 18.9. The number of methoxy groups -OCH3 is 1. The molecule has 5 N–H and O–H groups in total. The molecule has 1 aliphatic rings. The monoisotopic (exact) mass is 369 g/mol. The van der Waals surface area contributed by atoms with Crippen molar-refractivity contribution in [3.8, 4) is 5.75 Å². The number of hydrogen-bond donors (Lipinski definition) is 4. The molecule has 136 valence electrons. The number of carboxylic acids is 1. The van der Waals surface area contributed by atoms with Gasteiger partial charge < -0.3 is 26.2 Å². The van der Waals surface area contributed by atoms with Gasteiger partial charge in [-0.1, -0.05) is 11.6 Å². The summed E-state index contributed by atoms with van der Waals surface area (Å²) in [5, 5.41) is 14.6. The molecule has 3 amide bonds. The van der Waals surface area contributed by atoms with Gasteiger partial charge in [-0.3, -0.25) is 9.59 Å².